The number of aryl methyl sites for hydroxylation is 2. The highest BCUT2D eigenvalue weighted by Crippen LogP contribution is 2.36. The maximum absolute atomic E-state index is 12.6. The van der Waals surface area contributed by atoms with Crippen LogP contribution in [0.5, 0.6) is 0 Å². The highest BCUT2D eigenvalue weighted by Gasteiger charge is 2.18. The Bertz CT molecular complexity index is 1290. The second kappa shape index (κ2) is 7.54. The number of aromatic amines is 1. The van der Waals surface area contributed by atoms with Crippen molar-refractivity contribution in [2.75, 3.05) is 0 Å². The van der Waals surface area contributed by atoms with Gasteiger partial charge < -0.3 is 0 Å². The second-order valence-corrected chi connectivity index (χ2v) is 8.34. The van der Waals surface area contributed by atoms with E-state index < -0.39 is 0 Å². The van der Waals surface area contributed by atoms with Crippen molar-refractivity contribution in [2.24, 2.45) is 5.10 Å². The molecular weight excluding hydrogens is 440 g/mol. The number of nitrogens with zero attached hydrogens (tertiary/aromatic N) is 2. The SMILES string of the molecule is C/C(=N\NC(=O)c1cc(-c2ccc3c4c(cccc24)CC3)n[nH]1)c1ccc(Br)cc1. The molecule has 6 heteroatoms. The van der Waals surface area contributed by atoms with Gasteiger partial charge in [0, 0.05) is 10.0 Å². The van der Waals surface area contributed by atoms with E-state index in [1.165, 1.54) is 21.9 Å². The van der Waals surface area contributed by atoms with Crippen molar-refractivity contribution in [1.29, 1.82) is 0 Å². The Labute approximate surface area is 182 Å². The maximum atomic E-state index is 12.6. The Kier molecular flexibility index (Phi) is 4.71. The lowest BCUT2D eigenvalue weighted by Crippen LogP contribution is -2.19. The van der Waals surface area contributed by atoms with Crippen molar-refractivity contribution in [3.05, 3.63) is 87.5 Å². The van der Waals surface area contributed by atoms with E-state index >= 15 is 0 Å². The summed E-state index contributed by atoms with van der Waals surface area (Å²) in [6.07, 6.45) is 2.17. The summed E-state index contributed by atoms with van der Waals surface area (Å²) in [5.74, 6) is -0.323. The van der Waals surface area contributed by atoms with Crippen molar-refractivity contribution in [3.63, 3.8) is 0 Å². The third kappa shape index (κ3) is 3.33. The summed E-state index contributed by atoms with van der Waals surface area (Å²) in [4.78, 5) is 12.6. The molecule has 0 fully saturated rings. The standard InChI is InChI=1S/C24H19BrN4O/c1-14(15-7-10-18(25)11-8-15)26-29-24(30)22-13-21(27-28-22)19-12-9-17-6-5-16-3-2-4-20(19)23(16)17/h2-4,7-13H,5-6H2,1H3,(H,27,28)(H,29,30)/b26-14+. The number of halogens is 1. The molecule has 148 valence electrons. The van der Waals surface area contributed by atoms with Gasteiger partial charge in [0.15, 0.2) is 0 Å². The highest BCUT2D eigenvalue weighted by atomic mass is 79.9. The van der Waals surface area contributed by atoms with E-state index in [2.05, 4.69) is 67.0 Å². The minimum Gasteiger partial charge on any atom is -0.272 e. The fourth-order valence-electron chi connectivity index (χ4n) is 4.00. The van der Waals surface area contributed by atoms with Gasteiger partial charge in [0.2, 0.25) is 0 Å². The number of nitrogens with one attached hydrogen (secondary N) is 2. The van der Waals surface area contributed by atoms with E-state index in [-0.39, 0.29) is 5.91 Å². The van der Waals surface area contributed by atoms with Crippen LogP contribution in [0.3, 0.4) is 0 Å². The average molecular weight is 459 g/mol. The molecule has 1 heterocycles. The molecule has 3 aromatic carbocycles. The van der Waals surface area contributed by atoms with Crippen molar-refractivity contribution in [3.8, 4) is 11.3 Å². The Balaban J connectivity index is 1.40. The van der Waals surface area contributed by atoms with Gasteiger partial charge in [0.25, 0.3) is 5.91 Å². The number of rotatable bonds is 4. The van der Waals surface area contributed by atoms with E-state index in [0.29, 0.717) is 5.69 Å². The smallest absolute Gasteiger partial charge is 0.272 e. The Morgan fingerprint density at radius 2 is 1.83 bits per heavy atom. The van der Waals surface area contributed by atoms with Crippen LogP contribution in [0.1, 0.15) is 34.1 Å². The van der Waals surface area contributed by atoms with Gasteiger partial charge in [-0.05, 0) is 65.4 Å². The summed E-state index contributed by atoms with van der Waals surface area (Å²) in [7, 11) is 0. The lowest BCUT2D eigenvalue weighted by Gasteiger charge is -2.06. The summed E-state index contributed by atoms with van der Waals surface area (Å²) in [6.45, 7) is 1.86. The number of carbonyl (C=O) groups excluding carboxylic acids is 1. The van der Waals surface area contributed by atoms with E-state index in [1.54, 1.807) is 6.07 Å². The van der Waals surface area contributed by atoms with Crippen LogP contribution >= 0.6 is 15.9 Å². The summed E-state index contributed by atoms with van der Waals surface area (Å²) < 4.78 is 0.996. The van der Waals surface area contributed by atoms with Gasteiger partial charge >= 0.3 is 0 Å². The fraction of sp³-hybridized carbons (Fsp3) is 0.125. The summed E-state index contributed by atoms with van der Waals surface area (Å²) in [5.41, 5.74) is 9.20. The van der Waals surface area contributed by atoms with Gasteiger partial charge in [-0.2, -0.15) is 10.2 Å². The van der Waals surface area contributed by atoms with Gasteiger partial charge in [0.1, 0.15) is 5.69 Å². The number of benzene rings is 3. The number of amides is 1. The van der Waals surface area contributed by atoms with E-state index in [1.807, 2.05) is 31.2 Å². The summed E-state index contributed by atoms with van der Waals surface area (Å²) >= 11 is 3.41. The Morgan fingerprint density at radius 3 is 2.63 bits per heavy atom. The summed E-state index contributed by atoms with van der Waals surface area (Å²) in [6, 6.07) is 20.2. The van der Waals surface area contributed by atoms with Crippen LogP contribution in [-0.4, -0.2) is 21.8 Å². The third-order valence-electron chi connectivity index (χ3n) is 5.56. The highest BCUT2D eigenvalue weighted by molar-refractivity contribution is 9.10. The zero-order chi connectivity index (χ0) is 20.7. The van der Waals surface area contributed by atoms with Crippen LogP contribution in [-0.2, 0) is 12.8 Å². The average Bonchev–Trinajstić information content (AvgIpc) is 3.42. The van der Waals surface area contributed by atoms with Crippen LogP contribution in [0.4, 0.5) is 0 Å². The molecule has 0 saturated heterocycles. The molecule has 2 N–H and O–H groups in total. The minimum atomic E-state index is -0.323. The number of H-pyrrole nitrogens is 1. The van der Waals surface area contributed by atoms with E-state index in [9.17, 15) is 4.79 Å². The maximum Gasteiger partial charge on any atom is 0.289 e. The molecule has 0 aliphatic heterocycles. The molecule has 1 aliphatic carbocycles. The van der Waals surface area contributed by atoms with Gasteiger partial charge in [-0.15, -0.1) is 0 Å². The third-order valence-corrected chi connectivity index (χ3v) is 6.09. The predicted molar refractivity (Wildman–Crippen MR) is 123 cm³/mol. The first-order chi connectivity index (χ1) is 14.6. The first-order valence-electron chi connectivity index (χ1n) is 9.80. The molecule has 1 amide bonds. The van der Waals surface area contributed by atoms with Crippen LogP contribution < -0.4 is 5.43 Å². The van der Waals surface area contributed by atoms with Crippen molar-refractivity contribution < 1.29 is 4.79 Å². The number of hydrogen-bond acceptors (Lipinski definition) is 3. The number of carbonyl (C=O) groups is 1. The van der Waals surface area contributed by atoms with Gasteiger partial charge in [-0.3, -0.25) is 9.89 Å². The first kappa shape index (κ1) is 18.8. The van der Waals surface area contributed by atoms with Gasteiger partial charge in [-0.1, -0.05) is 58.4 Å². The Hall–Kier alpha value is -3.25. The topological polar surface area (TPSA) is 70.1 Å². The lowest BCUT2D eigenvalue weighted by atomic mass is 9.98. The van der Waals surface area contributed by atoms with Crippen molar-refractivity contribution >= 4 is 38.3 Å². The largest absolute Gasteiger partial charge is 0.289 e. The molecule has 5 nitrogen and oxygen atoms in total. The van der Waals surface area contributed by atoms with E-state index in [4.69, 9.17) is 0 Å². The molecule has 0 bridgehead atoms. The molecule has 4 aromatic rings. The monoisotopic (exact) mass is 458 g/mol. The zero-order valence-corrected chi connectivity index (χ0v) is 18.0. The predicted octanol–water partition coefficient (Wildman–Crippen LogP) is 5.25. The second-order valence-electron chi connectivity index (χ2n) is 7.42. The van der Waals surface area contributed by atoms with Crippen molar-refractivity contribution in [2.45, 2.75) is 19.8 Å². The molecule has 1 aliphatic rings. The van der Waals surface area contributed by atoms with Crippen LogP contribution in [0.25, 0.3) is 22.0 Å². The molecule has 0 atom stereocenters. The molecule has 1 aromatic heterocycles. The van der Waals surface area contributed by atoms with Crippen LogP contribution in [0, 0.1) is 0 Å². The van der Waals surface area contributed by atoms with Crippen LogP contribution in [0.2, 0.25) is 0 Å². The minimum absolute atomic E-state index is 0.323. The normalized spacial score (nSPS) is 13.1. The molecule has 0 unspecified atom stereocenters. The summed E-state index contributed by atoms with van der Waals surface area (Å²) in [5, 5.41) is 14.0. The zero-order valence-electron chi connectivity index (χ0n) is 16.4. The Morgan fingerprint density at radius 1 is 1.07 bits per heavy atom. The molecule has 0 spiro atoms. The molecule has 5 rings (SSSR count). The van der Waals surface area contributed by atoms with Gasteiger partial charge in [-0.25, -0.2) is 5.43 Å². The molecule has 30 heavy (non-hydrogen) atoms. The fourth-order valence-corrected chi connectivity index (χ4v) is 4.26. The van der Waals surface area contributed by atoms with Crippen molar-refractivity contribution in [1.82, 2.24) is 15.6 Å². The van der Waals surface area contributed by atoms with Gasteiger partial charge in [0.05, 0.1) is 11.4 Å². The molecular formula is C24H19BrN4O. The first-order valence-corrected chi connectivity index (χ1v) is 10.6. The number of aromatic nitrogens is 2. The van der Waals surface area contributed by atoms with E-state index in [0.717, 1.165) is 39.8 Å². The number of hydrogen-bond donors (Lipinski definition) is 2. The quantitative estimate of drug-likeness (QED) is 0.324. The lowest BCUT2D eigenvalue weighted by molar-refractivity contribution is 0.0950. The number of hydrazone groups is 1. The van der Waals surface area contributed by atoms with Crippen LogP contribution in [0.15, 0.2) is 70.2 Å². The molecule has 0 radical (unpaired) electrons. The molecule has 0 saturated carbocycles.